The number of nitrogens with zero attached hydrogens (tertiary/aromatic N) is 1. The summed E-state index contributed by atoms with van der Waals surface area (Å²) in [4.78, 5) is 4.00. The molecule has 0 aliphatic heterocycles. The second-order valence-electron chi connectivity index (χ2n) is 6.07. The fourth-order valence-corrected chi connectivity index (χ4v) is 2.85. The number of rotatable bonds is 7. The molecule has 0 spiro atoms. The minimum atomic E-state index is -4.66. The van der Waals surface area contributed by atoms with E-state index in [-0.39, 0.29) is 48.6 Å². The molecule has 11 heteroatoms. The van der Waals surface area contributed by atoms with Gasteiger partial charge in [-0.3, -0.25) is 4.99 Å². The van der Waals surface area contributed by atoms with Crippen LogP contribution in [0, 0.1) is 5.82 Å². The van der Waals surface area contributed by atoms with Gasteiger partial charge in [-0.15, -0.1) is 24.0 Å². The Kier molecular flexibility index (Phi) is 10.1. The Morgan fingerprint density at radius 1 is 0.903 bits per heavy atom. The first-order valence-electron chi connectivity index (χ1n) is 8.83. The van der Waals surface area contributed by atoms with E-state index in [4.69, 9.17) is 14.2 Å². The van der Waals surface area contributed by atoms with Crippen LogP contribution in [0.1, 0.15) is 16.7 Å². The van der Waals surface area contributed by atoms with Gasteiger partial charge in [-0.25, -0.2) is 4.39 Å². The van der Waals surface area contributed by atoms with E-state index in [1.54, 1.807) is 12.1 Å². The predicted octanol–water partition coefficient (Wildman–Crippen LogP) is 4.35. The number of methoxy groups -OCH3 is 3. The van der Waals surface area contributed by atoms with Crippen LogP contribution in [0.2, 0.25) is 0 Å². The Bertz CT molecular complexity index is 908. The van der Waals surface area contributed by atoms with Gasteiger partial charge in [0.1, 0.15) is 5.82 Å². The quantitative estimate of drug-likeness (QED) is 0.230. The SMILES string of the molecule is CN=C(NCc1ccc(F)cc1C(F)(F)F)NCc1ccc(OC)c(OC)c1OC.I. The molecule has 0 atom stereocenters. The lowest BCUT2D eigenvalue weighted by molar-refractivity contribution is -0.138. The monoisotopic (exact) mass is 557 g/mol. The zero-order valence-corrected chi connectivity index (χ0v) is 19.7. The minimum Gasteiger partial charge on any atom is -0.493 e. The molecule has 0 aliphatic rings. The number of alkyl halides is 3. The first-order chi connectivity index (χ1) is 14.2. The Balaban J connectivity index is 0.00000480. The van der Waals surface area contributed by atoms with Gasteiger partial charge in [-0.2, -0.15) is 13.2 Å². The van der Waals surface area contributed by atoms with Crippen molar-refractivity contribution in [2.75, 3.05) is 28.4 Å². The largest absolute Gasteiger partial charge is 0.493 e. The maximum absolute atomic E-state index is 13.3. The Morgan fingerprint density at radius 3 is 2.00 bits per heavy atom. The van der Waals surface area contributed by atoms with Crippen LogP contribution in [-0.2, 0) is 19.3 Å². The third kappa shape index (κ3) is 6.77. The number of halogens is 5. The van der Waals surface area contributed by atoms with Crippen LogP contribution in [0.5, 0.6) is 17.2 Å². The number of aliphatic imine (C=N–C) groups is 1. The lowest BCUT2D eigenvalue weighted by Gasteiger charge is -2.18. The second-order valence-corrected chi connectivity index (χ2v) is 6.07. The first kappa shape index (κ1) is 26.6. The van der Waals surface area contributed by atoms with E-state index in [0.29, 0.717) is 23.3 Å². The van der Waals surface area contributed by atoms with E-state index < -0.39 is 17.6 Å². The molecule has 0 heterocycles. The maximum Gasteiger partial charge on any atom is 0.416 e. The molecular formula is C20H24F4IN3O3. The maximum atomic E-state index is 13.3. The van der Waals surface area contributed by atoms with E-state index in [1.165, 1.54) is 28.4 Å². The van der Waals surface area contributed by atoms with Gasteiger partial charge in [0.2, 0.25) is 5.75 Å². The highest BCUT2D eigenvalue weighted by molar-refractivity contribution is 14.0. The van der Waals surface area contributed by atoms with Crippen LogP contribution in [0.15, 0.2) is 35.3 Å². The van der Waals surface area contributed by atoms with Gasteiger partial charge < -0.3 is 24.8 Å². The molecule has 0 saturated carbocycles. The summed E-state index contributed by atoms with van der Waals surface area (Å²) < 4.78 is 68.7. The van der Waals surface area contributed by atoms with Crippen LogP contribution in [0.25, 0.3) is 0 Å². The Hall–Kier alpha value is -2.44. The summed E-state index contributed by atoms with van der Waals surface area (Å²) in [6, 6.07) is 6.03. The average molecular weight is 557 g/mol. The summed E-state index contributed by atoms with van der Waals surface area (Å²) in [5.74, 6) is 0.677. The highest BCUT2D eigenvalue weighted by atomic mass is 127. The van der Waals surface area contributed by atoms with E-state index in [0.717, 1.165) is 17.7 Å². The lowest BCUT2D eigenvalue weighted by atomic mass is 10.1. The molecule has 172 valence electrons. The summed E-state index contributed by atoms with van der Waals surface area (Å²) in [7, 11) is 5.96. The molecule has 2 N–H and O–H groups in total. The van der Waals surface area contributed by atoms with E-state index in [9.17, 15) is 17.6 Å². The number of hydrogen-bond acceptors (Lipinski definition) is 4. The molecule has 2 aromatic carbocycles. The molecule has 0 saturated heterocycles. The van der Waals surface area contributed by atoms with Crippen molar-refractivity contribution in [2.24, 2.45) is 4.99 Å². The van der Waals surface area contributed by atoms with Gasteiger partial charge in [0.05, 0.1) is 26.9 Å². The van der Waals surface area contributed by atoms with E-state index >= 15 is 0 Å². The highest BCUT2D eigenvalue weighted by Gasteiger charge is 2.33. The number of ether oxygens (including phenoxy) is 3. The van der Waals surface area contributed by atoms with Gasteiger partial charge in [0.15, 0.2) is 17.5 Å². The number of guanidine groups is 1. The molecule has 0 radical (unpaired) electrons. The van der Waals surface area contributed by atoms with Gasteiger partial charge in [0, 0.05) is 25.7 Å². The van der Waals surface area contributed by atoms with Gasteiger partial charge in [-0.1, -0.05) is 6.07 Å². The predicted molar refractivity (Wildman–Crippen MR) is 120 cm³/mol. The average Bonchev–Trinajstić information content (AvgIpc) is 2.72. The fourth-order valence-electron chi connectivity index (χ4n) is 2.85. The topological polar surface area (TPSA) is 64.1 Å². The van der Waals surface area contributed by atoms with E-state index in [1.807, 2.05) is 0 Å². The normalized spacial score (nSPS) is 11.4. The summed E-state index contributed by atoms with van der Waals surface area (Å²) in [6.45, 7) is 0.0522. The van der Waals surface area contributed by atoms with Crippen molar-refractivity contribution < 1.29 is 31.8 Å². The summed E-state index contributed by atoms with van der Waals surface area (Å²) >= 11 is 0. The summed E-state index contributed by atoms with van der Waals surface area (Å²) in [6.07, 6.45) is -4.66. The summed E-state index contributed by atoms with van der Waals surface area (Å²) in [5, 5.41) is 5.79. The molecule has 0 bridgehead atoms. The lowest BCUT2D eigenvalue weighted by Crippen LogP contribution is -2.36. The summed E-state index contributed by atoms with van der Waals surface area (Å²) in [5.41, 5.74) is -0.418. The third-order valence-electron chi connectivity index (χ3n) is 4.28. The number of nitrogens with one attached hydrogen (secondary N) is 2. The number of hydrogen-bond donors (Lipinski definition) is 2. The number of benzene rings is 2. The zero-order valence-electron chi connectivity index (χ0n) is 17.4. The molecular weight excluding hydrogens is 533 g/mol. The van der Waals surface area contributed by atoms with E-state index in [2.05, 4.69) is 15.6 Å². The van der Waals surface area contributed by atoms with Crippen LogP contribution in [0.3, 0.4) is 0 Å². The third-order valence-corrected chi connectivity index (χ3v) is 4.28. The van der Waals surface area contributed by atoms with Crippen molar-refractivity contribution in [3.8, 4) is 17.2 Å². The van der Waals surface area contributed by atoms with Gasteiger partial charge in [-0.05, 0) is 29.8 Å². The van der Waals surface area contributed by atoms with Gasteiger partial charge in [0.25, 0.3) is 0 Å². The van der Waals surface area contributed by atoms with Crippen LogP contribution < -0.4 is 24.8 Å². The standard InChI is InChI=1S/C20H23F4N3O3.HI/c1-25-19(26-10-12-5-7-14(21)9-15(12)20(22,23)24)27-11-13-6-8-16(28-2)18(30-4)17(13)29-3;/h5-9H,10-11H2,1-4H3,(H2,25,26,27);1H. The van der Waals surface area contributed by atoms with Crippen molar-refractivity contribution in [2.45, 2.75) is 19.3 Å². The van der Waals surface area contributed by atoms with Crippen molar-refractivity contribution in [3.05, 3.63) is 52.8 Å². The van der Waals surface area contributed by atoms with Crippen LogP contribution >= 0.6 is 24.0 Å². The zero-order chi connectivity index (χ0) is 22.3. The van der Waals surface area contributed by atoms with Crippen molar-refractivity contribution in [1.82, 2.24) is 10.6 Å². The molecule has 31 heavy (non-hydrogen) atoms. The molecule has 0 fully saturated rings. The van der Waals surface area contributed by atoms with Crippen LogP contribution in [-0.4, -0.2) is 34.3 Å². The second kappa shape index (κ2) is 11.8. The molecule has 0 aromatic heterocycles. The van der Waals surface area contributed by atoms with Gasteiger partial charge >= 0.3 is 6.18 Å². The molecule has 0 aliphatic carbocycles. The first-order valence-corrected chi connectivity index (χ1v) is 8.83. The van der Waals surface area contributed by atoms with Crippen molar-refractivity contribution >= 4 is 29.9 Å². The Morgan fingerprint density at radius 2 is 1.48 bits per heavy atom. The molecule has 0 amide bonds. The fraction of sp³-hybridized carbons (Fsp3) is 0.350. The van der Waals surface area contributed by atoms with Crippen molar-refractivity contribution in [3.63, 3.8) is 0 Å². The van der Waals surface area contributed by atoms with Crippen molar-refractivity contribution in [1.29, 1.82) is 0 Å². The molecule has 0 unspecified atom stereocenters. The Labute approximate surface area is 195 Å². The molecule has 6 nitrogen and oxygen atoms in total. The smallest absolute Gasteiger partial charge is 0.416 e. The minimum absolute atomic E-state index is 0. The van der Waals surface area contributed by atoms with Crippen LogP contribution in [0.4, 0.5) is 17.6 Å². The molecule has 2 aromatic rings. The molecule has 2 rings (SSSR count). The highest BCUT2D eigenvalue weighted by Crippen LogP contribution is 2.39.